The number of aromatic nitrogens is 2. The summed E-state index contributed by atoms with van der Waals surface area (Å²) in [7, 11) is 0. The first-order chi connectivity index (χ1) is 15.9. The largest absolute Gasteiger partial charge is 0.455 e. The van der Waals surface area contributed by atoms with Crippen molar-refractivity contribution in [2.75, 3.05) is 6.79 Å². The van der Waals surface area contributed by atoms with Crippen molar-refractivity contribution in [3.8, 4) is 0 Å². The number of aryl methyl sites for hydroxylation is 2. The lowest BCUT2D eigenvalue weighted by atomic mass is 9.85. The molecule has 1 atom stereocenters. The normalized spacial score (nSPS) is 16.3. The number of carbonyl (C=O) groups is 1. The van der Waals surface area contributed by atoms with Crippen LogP contribution in [0.15, 0.2) is 29.3 Å². The van der Waals surface area contributed by atoms with Gasteiger partial charge in [0.25, 0.3) is 0 Å². The van der Waals surface area contributed by atoms with E-state index in [4.69, 9.17) is 14.6 Å². The molecule has 6 heteroatoms. The summed E-state index contributed by atoms with van der Waals surface area (Å²) in [6.45, 7) is 19.0. The lowest BCUT2D eigenvalue weighted by molar-refractivity contribution is -0.162. The van der Waals surface area contributed by atoms with Gasteiger partial charge in [0.15, 0.2) is 5.76 Å². The Morgan fingerprint density at radius 3 is 2.15 bits per heavy atom. The van der Waals surface area contributed by atoms with Gasteiger partial charge in [0.1, 0.15) is 11.7 Å². The van der Waals surface area contributed by atoms with Gasteiger partial charge in [-0.15, -0.1) is 0 Å². The van der Waals surface area contributed by atoms with Gasteiger partial charge >= 0.3 is 5.97 Å². The molecule has 0 radical (unpaired) electrons. The Morgan fingerprint density at radius 2 is 1.65 bits per heavy atom. The number of ether oxygens (including phenoxy) is 2. The first-order valence-corrected chi connectivity index (χ1v) is 12.1. The molecule has 2 aromatic rings. The molecule has 0 N–H and O–H groups in total. The van der Waals surface area contributed by atoms with E-state index in [0.29, 0.717) is 18.7 Å². The SMILES string of the molecule is CCn1nc(C)c(C)c1/C(OCOC(=O)C(C)(C)CC)=C(/c1ccc(C(C)(C)C)cc1)C1C=N1. The molecule has 0 spiro atoms. The third-order valence-corrected chi connectivity index (χ3v) is 6.67. The summed E-state index contributed by atoms with van der Waals surface area (Å²) in [5.74, 6) is 0.387. The molecule has 2 heterocycles. The third-order valence-electron chi connectivity index (χ3n) is 6.67. The van der Waals surface area contributed by atoms with E-state index in [9.17, 15) is 4.79 Å². The van der Waals surface area contributed by atoms with Gasteiger partial charge in [-0.05, 0) is 57.6 Å². The highest BCUT2D eigenvalue weighted by Crippen LogP contribution is 2.37. The highest BCUT2D eigenvalue weighted by atomic mass is 16.7. The summed E-state index contributed by atoms with van der Waals surface area (Å²) in [5.41, 5.74) is 5.65. The molecule has 1 aromatic carbocycles. The van der Waals surface area contributed by atoms with Gasteiger partial charge in [0, 0.05) is 23.9 Å². The number of carbonyl (C=O) groups excluding carboxylic acids is 1. The standard InChI is InChI=1S/C28H39N3O3/c1-10-28(8,9)26(32)34-17-33-25(24-18(3)19(4)30-31(24)11-2)23(22-16-29-22)20-12-14-21(15-13-20)27(5,6)7/h12-16,22H,10-11,17H2,1-9H3/b25-23+. The van der Waals surface area contributed by atoms with Crippen LogP contribution < -0.4 is 0 Å². The average molecular weight is 466 g/mol. The van der Waals surface area contributed by atoms with Gasteiger partial charge in [0.05, 0.1) is 11.1 Å². The van der Waals surface area contributed by atoms with Crippen molar-refractivity contribution in [3.63, 3.8) is 0 Å². The molecule has 1 aliphatic heterocycles. The molecule has 0 amide bonds. The minimum atomic E-state index is -0.559. The van der Waals surface area contributed by atoms with Crippen LogP contribution in [0.3, 0.4) is 0 Å². The van der Waals surface area contributed by atoms with E-state index in [-0.39, 0.29) is 24.2 Å². The topological polar surface area (TPSA) is 65.7 Å². The monoisotopic (exact) mass is 465 g/mol. The Morgan fingerprint density at radius 1 is 1.03 bits per heavy atom. The van der Waals surface area contributed by atoms with E-state index in [1.165, 1.54) is 5.56 Å². The van der Waals surface area contributed by atoms with Crippen molar-refractivity contribution in [2.45, 2.75) is 86.7 Å². The maximum absolute atomic E-state index is 12.6. The van der Waals surface area contributed by atoms with E-state index < -0.39 is 5.41 Å². The van der Waals surface area contributed by atoms with Crippen molar-refractivity contribution in [1.29, 1.82) is 0 Å². The Bertz CT molecular complexity index is 1090. The lowest BCUT2D eigenvalue weighted by Gasteiger charge is -2.23. The van der Waals surface area contributed by atoms with Crippen molar-refractivity contribution >= 4 is 23.5 Å². The molecular formula is C28H39N3O3. The van der Waals surface area contributed by atoms with Crippen molar-refractivity contribution in [2.24, 2.45) is 10.4 Å². The summed E-state index contributed by atoms with van der Waals surface area (Å²) < 4.78 is 13.8. The van der Waals surface area contributed by atoms with Crippen LogP contribution in [0.1, 0.15) is 83.0 Å². The molecule has 1 aliphatic rings. The smallest absolute Gasteiger partial charge is 0.314 e. The van der Waals surface area contributed by atoms with Gasteiger partial charge in [-0.2, -0.15) is 5.10 Å². The molecule has 3 rings (SSSR count). The fourth-order valence-corrected chi connectivity index (χ4v) is 3.72. The molecule has 1 aromatic heterocycles. The minimum Gasteiger partial charge on any atom is -0.455 e. The number of benzene rings is 1. The maximum Gasteiger partial charge on any atom is 0.314 e. The number of nitrogens with zero attached hydrogens (tertiary/aromatic N) is 3. The van der Waals surface area contributed by atoms with Crippen LogP contribution in [0, 0.1) is 19.3 Å². The second-order valence-corrected chi connectivity index (χ2v) is 10.6. The zero-order chi connectivity index (χ0) is 25.3. The predicted octanol–water partition coefficient (Wildman–Crippen LogP) is 6.09. The summed E-state index contributed by atoms with van der Waals surface area (Å²) in [5, 5.41) is 4.70. The molecule has 0 aliphatic carbocycles. The molecular weight excluding hydrogens is 426 g/mol. The van der Waals surface area contributed by atoms with Gasteiger partial charge in [-0.25, -0.2) is 0 Å². The molecule has 0 saturated heterocycles. The molecule has 6 nitrogen and oxygen atoms in total. The summed E-state index contributed by atoms with van der Waals surface area (Å²) in [4.78, 5) is 17.0. The van der Waals surface area contributed by atoms with Gasteiger partial charge in [0.2, 0.25) is 6.79 Å². The molecule has 184 valence electrons. The van der Waals surface area contributed by atoms with Crippen LogP contribution in [0.2, 0.25) is 0 Å². The number of hydrogen-bond donors (Lipinski definition) is 0. The Labute approximate surface area is 204 Å². The van der Waals surface area contributed by atoms with Crippen LogP contribution >= 0.6 is 0 Å². The quantitative estimate of drug-likeness (QED) is 0.255. The van der Waals surface area contributed by atoms with E-state index in [0.717, 1.165) is 28.1 Å². The van der Waals surface area contributed by atoms with Crippen molar-refractivity contribution in [1.82, 2.24) is 9.78 Å². The molecule has 34 heavy (non-hydrogen) atoms. The number of hydrogen-bond acceptors (Lipinski definition) is 5. The molecule has 1 unspecified atom stereocenters. The van der Waals surface area contributed by atoms with Crippen molar-refractivity contribution in [3.05, 3.63) is 52.3 Å². The first kappa shape index (κ1) is 25.7. The van der Waals surface area contributed by atoms with Gasteiger partial charge < -0.3 is 9.47 Å². The van der Waals surface area contributed by atoms with Gasteiger partial charge in [-0.1, -0.05) is 52.0 Å². The van der Waals surface area contributed by atoms with E-state index in [1.54, 1.807) is 0 Å². The van der Waals surface area contributed by atoms with Crippen LogP contribution in [0.25, 0.3) is 11.3 Å². The van der Waals surface area contributed by atoms with Crippen LogP contribution in [0.4, 0.5) is 0 Å². The second kappa shape index (κ2) is 9.77. The summed E-state index contributed by atoms with van der Waals surface area (Å²) >= 11 is 0. The fraction of sp³-hybridized carbons (Fsp3) is 0.536. The predicted molar refractivity (Wildman–Crippen MR) is 138 cm³/mol. The first-order valence-electron chi connectivity index (χ1n) is 12.1. The van der Waals surface area contributed by atoms with Gasteiger partial charge in [-0.3, -0.25) is 14.5 Å². The van der Waals surface area contributed by atoms with E-state index in [1.807, 2.05) is 45.5 Å². The Kier molecular flexibility index (Phi) is 7.39. The highest BCUT2D eigenvalue weighted by molar-refractivity contribution is 6.04. The Hall–Kier alpha value is -2.89. The molecule has 0 saturated carbocycles. The van der Waals surface area contributed by atoms with Crippen LogP contribution in [0.5, 0.6) is 0 Å². The average Bonchev–Trinajstić information content (AvgIpc) is 3.58. The fourth-order valence-electron chi connectivity index (χ4n) is 3.72. The summed E-state index contributed by atoms with van der Waals surface area (Å²) in [6, 6.07) is 8.50. The molecule has 0 bridgehead atoms. The highest BCUT2D eigenvalue weighted by Gasteiger charge is 2.31. The zero-order valence-electron chi connectivity index (χ0n) is 22.2. The minimum absolute atomic E-state index is 0.0621. The third kappa shape index (κ3) is 5.43. The molecule has 0 fully saturated rings. The second-order valence-electron chi connectivity index (χ2n) is 10.6. The maximum atomic E-state index is 12.6. The summed E-state index contributed by atoms with van der Waals surface area (Å²) in [6.07, 6.45) is 2.61. The van der Waals surface area contributed by atoms with E-state index >= 15 is 0 Å². The van der Waals surface area contributed by atoms with Crippen molar-refractivity contribution < 1.29 is 14.3 Å². The van der Waals surface area contributed by atoms with E-state index in [2.05, 4.69) is 57.0 Å². The van der Waals surface area contributed by atoms with Crippen LogP contribution in [-0.2, 0) is 26.2 Å². The number of rotatable bonds is 9. The number of esters is 1. The Balaban J connectivity index is 2.08. The van der Waals surface area contributed by atoms with Crippen LogP contribution in [-0.4, -0.2) is 34.8 Å². The number of aliphatic imine (C=N–C) groups is 1. The zero-order valence-corrected chi connectivity index (χ0v) is 22.2. The lowest BCUT2D eigenvalue weighted by Crippen LogP contribution is -2.26.